The molecule has 0 amide bonds. The Morgan fingerprint density at radius 2 is 2.18 bits per heavy atom. The van der Waals surface area contributed by atoms with Crippen molar-refractivity contribution in [2.45, 2.75) is 52.6 Å². The topological polar surface area (TPSA) is 50.1 Å². The quantitative estimate of drug-likeness (QED) is 0.843. The fourth-order valence-electron chi connectivity index (χ4n) is 2.65. The Kier molecular flexibility index (Phi) is 3.72. The molecule has 2 N–H and O–H groups in total. The molecular formula is C13H23N3O. The molecule has 1 fully saturated rings. The van der Waals surface area contributed by atoms with E-state index in [4.69, 9.17) is 5.11 Å². The number of aryl methyl sites for hydroxylation is 1. The predicted molar refractivity (Wildman–Crippen MR) is 69.2 cm³/mol. The summed E-state index contributed by atoms with van der Waals surface area (Å²) in [4.78, 5) is 0. The van der Waals surface area contributed by atoms with Gasteiger partial charge in [-0.2, -0.15) is 5.10 Å². The Hall–Kier alpha value is -1.03. The summed E-state index contributed by atoms with van der Waals surface area (Å²) in [5, 5.41) is 17.2. The Morgan fingerprint density at radius 3 is 2.76 bits per heavy atom. The fourth-order valence-corrected chi connectivity index (χ4v) is 2.65. The van der Waals surface area contributed by atoms with Gasteiger partial charge in [0.25, 0.3) is 0 Å². The molecule has 0 aliphatic heterocycles. The maximum atomic E-state index is 9.07. The van der Waals surface area contributed by atoms with Gasteiger partial charge in [0.2, 0.25) is 0 Å². The number of aliphatic hydroxyl groups excluding tert-OH is 1. The van der Waals surface area contributed by atoms with Gasteiger partial charge in [0.1, 0.15) is 5.82 Å². The number of rotatable bonds is 4. The van der Waals surface area contributed by atoms with E-state index in [9.17, 15) is 0 Å². The van der Waals surface area contributed by atoms with Gasteiger partial charge in [0.15, 0.2) is 0 Å². The van der Waals surface area contributed by atoms with Crippen molar-refractivity contribution >= 4 is 5.82 Å². The first kappa shape index (κ1) is 12.4. The Balaban J connectivity index is 2.18. The van der Waals surface area contributed by atoms with Crippen molar-refractivity contribution in [2.24, 2.45) is 5.92 Å². The lowest BCUT2D eigenvalue weighted by Gasteiger charge is -2.20. The van der Waals surface area contributed by atoms with Crippen LogP contribution in [0.1, 0.15) is 37.4 Å². The van der Waals surface area contributed by atoms with Crippen LogP contribution in [0.2, 0.25) is 0 Å². The summed E-state index contributed by atoms with van der Waals surface area (Å²) in [7, 11) is 0. The third-order valence-electron chi connectivity index (χ3n) is 3.92. The zero-order valence-corrected chi connectivity index (χ0v) is 11.0. The van der Waals surface area contributed by atoms with Gasteiger partial charge in [0.05, 0.1) is 18.8 Å². The first-order valence-electron chi connectivity index (χ1n) is 6.55. The molecule has 0 bridgehead atoms. The minimum atomic E-state index is 0.134. The summed E-state index contributed by atoms with van der Waals surface area (Å²) >= 11 is 0. The lowest BCUT2D eigenvalue weighted by Crippen LogP contribution is -2.24. The second-order valence-electron chi connectivity index (χ2n) is 5.16. The molecule has 2 atom stereocenters. The van der Waals surface area contributed by atoms with Gasteiger partial charge in [-0.15, -0.1) is 0 Å². The Morgan fingerprint density at radius 1 is 1.41 bits per heavy atom. The zero-order chi connectivity index (χ0) is 12.4. The van der Waals surface area contributed by atoms with Crippen LogP contribution in [-0.4, -0.2) is 27.5 Å². The van der Waals surface area contributed by atoms with Crippen LogP contribution in [0.5, 0.6) is 0 Å². The number of aliphatic hydroxyl groups is 1. The van der Waals surface area contributed by atoms with Gasteiger partial charge in [-0.25, -0.2) is 4.68 Å². The third-order valence-corrected chi connectivity index (χ3v) is 3.92. The number of hydrogen-bond acceptors (Lipinski definition) is 3. The first-order valence-corrected chi connectivity index (χ1v) is 6.55. The molecule has 0 saturated heterocycles. The second kappa shape index (κ2) is 5.08. The highest BCUT2D eigenvalue weighted by Crippen LogP contribution is 2.29. The number of nitrogens with one attached hydrogen (secondary N) is 1. The molecule has 0 radical (unpaired) electrons. The molecule has 2 unspecified atom stereocenters. The van der Waals surface area contributed by atoms with Gasteiger partial charge in [-0.3, -0.25) is 0 Å². The van der Waals surface area contributed by atoms with E-state index in [0.29, 0.717) is 12.6 Å². The largest absolute Gasteiger partial charge is 0.394 e. The molecule has 17 heavy (non-hydrogen) atoms. The molecule has 0 spiro atoms. The first-order chi connectivity index (χ1) is 8.13. The van der Waals surface area contributed by atoms with Crippen molar-refractivity contribution in [3.05, 3.63) is 11.3 Å². The molecule has 0 aromatic carbocycles. The van der Waals surface area contributed by atoms with Crippen LogP contribution in [0.3, 0.4) is 0 Å². The Bertz CT molecular complexity index is 386. The molecule has 1 aliphatic rings. The molecule has 1 aliphatic carbocycles. The van der Waals surface area contributed by atoms with E-state index in [1.165, 1.54) is 24.8 Å². The van der Waals surface area contributed by atoms with Crippen LogP contribution in [0.25, 0.3) is 0 Å². The van der Waals surface area contributed by atoms with Crippen molar-refractivity contribution in [3.8, 4) is 0 Å². The maximum Gasteiger partial charge on any atom is 0.127 e. The SMILES string of the molecule is Cc1nn(CCO)c(NC2CCCC2C)c1C. The van der Waals surface area contributed by atoms with E-state index < -0.39 is 0 Å². The smallest absolute Gasteiger partial charge is 0.127 e. The summed E-state index contributed by atoms with van der Waals surface area (Å²) in [6, 6.07) is 0.558. The highest BCUT2D eigenvalue weighted by Gasteiger charge is 2.25. The average Bonchev–Trinajstić information content (AvgIpc) is 2.80. The number of hydrogen-bond donors (Lipinski definition) is 2. The molecule has 1 aromatic heterocycles. The number of anilines is 1. The van der Waals surface area contributed by atoms with Crippen LogP contribution in [0, 0.1) is 19.8 Å². The lowest BCUT2D eigenvalue weighted by molar-refractivity contribution is 0.270. The van der Waals surface area contributed by atoms with Gasteiger partial charge < -0.3 is 10.4 Å². The molecule has 4 nitrogen and oxygen atoms in total. The van der Waals surface area contributed by atoms with Crippen LogP contribution >= 0.6 is 0 Å². The summed E-state index contributed by atoms with van der Waals surface area (Å²) in [6.07, 6.45) is 3.86. The third kappa shape index (κ3) is 2.46. The van der Waals surface area contributed by atoms with Gasteiger partial charge in [-0.1, -0.05) is 13.3 Å². The van der Waals surface area contributed by atoms with Gasteiger partial charge in [-0.05, 0) is 32.6 Å². The van der Waals surface area contributed by atoms with Crippen molar-refractivity contribution in [1.82, 2.24) is 9.78 Å². The second-order valence-corrected chi connectivity index (χ2v) is 5.16. The molecular weight excluding hydrogens is 214 g/mol. The summed E-state index contributed by atoms with van der Waals surface area (Å²) in [6.45, 7) is 7.12. The van der Waals surface area contributed by atoms with E-state index in [1.807, 2.05) is 11.6 Å². The molecule has 1 saturated carbocycles. The van der Waals surface area contributed by atoms with Crippen molar-refractivity contribution in [1.29, 1.82) is 0 Å². The van der Waals surface area contributed by atoms with Gasteiger partial charge >= 0.3 is 0 Å². The number of aromatic nitrogens is 2. The molecule has 4 heteroatoms. The van der Waals surface area contributed by atoms with E-state index in [1.54, 1.807) is 0 Å². The van der Waals surface area contributed by atoms with Gasteiger partial charge in [0, 0.05) is 11.6 Å². The van der Waals surface area contributed by atoms with Crippen LogP contribution < -0.4 is 5.32 Å². The predicted octanol–water partition coefficient (Wildman–Crippen LogP) is 2.09. The molecule has 2 rings (SSSR count). The minimum Gasteiger partial charge on any atom is -0.394 e. The van der Waals surface area contributed by atoms with Crippen LogP contribution in [0.4, 0.5) is 5.82 Å². The van der Waals surface area contributed by atoms with Crippen molar-refractivity contribution in [3.63, 3.8) is 0 Å². The Labute approximate surface area is 103 Å². The molecule has 96 valence electrons. The van der Waals surface area contributed by atoms with Crippen LogP contribution in [-0.2, 0) is 6.54 Å². The van der Waals surface area contributed by atoms with Crippen molar-refractivity contribution in [2.75, 3.05) is 11.9 Å². The lowest BCUT2D eigenvalue weighted by atomic mass is 10.1. The summed E-state index contributed by atoms with van der Waals surface area (Å²) in [5.74, 6) is 1.82. The van der Waals surface area contributed by atoms with Crippen LogP contribution in [0.15, 0.2) is 0 Å². The molecule has 1 aromatic rings. The van der Waals surface area contributed by atoms with Crippen molar-refractivity contribution < 1.29 is 5.11 Å². The van der Waals surface area contributed by atoms with E-state index >= 15 is 0 Å². The average molecular weight is 237 g/mol. The zero-order valence-electron chi connectivity index (χ0n) is 11.0. The van der Waals surface area contributed by atoms with E-state index in [2.05, 4.69) is 24.3 Å². The van der Waals surface area contributed by atoms with E-state index in [0.717, 1.165) is 17.4 Å². The number of nitrogens with zero attached hydrogens (tertiary/aromatic N) is 2. The normalized spacial score (nSPS) is 24.2. The summed E-state index contributed by atoms with van der Waals surface area (Å²) < 4.78 is 1.90. The molecule has 1 heterocycles. The minimum absolute atomic E-state index is 0.134. The van der Waals surface area contributed by atoms with E-state index in [-0.39, 0.29) is 6.61 Å². The maximum absolute atomic E-state index is 9.07. The standard InChI is InChI=1S/C13H23N3O/c1-9-5-4-6-12(9)14-13-10(2)11(3)15-16(13)7-8-17/h9,12,14,17H,4-8H2,1-3H3. The fraction of sp³-hybridized carbons (Fsp3) is 0.769. The summed E-state index contributed by atoms with van der Waals surface area (Å²) in [5.41, 5.74) is 2.25. The monoisotopic (exact) mass is 237 g/mol. The highest BCUT2D eigenvalue weighted by atomic mass is 16.3. The highest BCUT2D eigenvalue weighted by molar-refractivity contribution is 5.47.